The van der Waals surface area contributed by atoms with Gasteiger partial charge in [0.15, 0.2) is 0 Å². The summed E-state index contributed by atoms with van der Waals surface area (Å²) in [6.45, 7) is 5.49. The van der Waals surface area contributed by atoms with Crippen LogP contribution in [0.2, 0.25) is 0 Å². The number of anilines is 1. The molecule has 29 heavy (non-hydrogen) atoms. The van der Waals surface area contributed by atoms with Gasteiger partial charge < -0.3 is 14.8 Å². The first-order chi connectivity index (χ1) is 13.6. The van der Waals surface area contributed by atoms with Gasteiger partial charge in [0.05, 0.1) is 26.5 Å². The lowest BCUT2D eigenvalue weighted by atomic mass is 10.0. The summed E-state index contributed by atoms with van der Waals surface area (Å²) in [7, 11) is 0.354. The van der Waals surface area contributed by atoms with E-state index in [1.54, 1.807) is 24.3 Å². The van der Waals surface area contributed by atoms with Crippen molar-refractivity contribution >= 4 is 21.6 Å². The van der Waals surface area contributed by atoms with Gasteiger partial charge in [0.2, 0.25) is 15.9 Å². The van der Waals surface area contributed by atoms with E-state index >= 15 is 0 Å². The second kappa shape index (κ2) is 9.28. The van der Waals surface area contributed by atoms with Gasteiger partial charge in [-0.25, -0.2) is 8.42 Å². The van der Waals surface area contributed by atoms with Crippen LogP contribution in [0.4, 0.5) is 5.69 Å². The van der Waals surface area contributed by atoms with Crippen LogP contribution in [0.1, 0.15) is 30.9 Å². The zero-order chi connectivity index (χ0) is 21.8. The second-order valence-electron chi connectivity index (χ2n) is 7.08. The molecule has 2 rings (SSSR count). The number of likely N-dealkylation sites (N-methyl/N-ethyl adjacent to an activating group) is 1. The molecule has 0 heterocycles. The lowest BCUT2D eigenvalue weighted by molar-refractivity contribution is -0.116. The summed E-state index contributed by atoms with van der Waals surface area (Å²) < 4.78 is 37.7. The minimum Gasteiger partial charge on any atom is -0.495 e. The molecule has 0 saturated heterocycles. The molecule has 7 nitrogen and oxygen atoms in total. The van der Waals surface area contributed by atoms with Crippen molar-refractivity contribution in [3.63, 3.8) is 0 Å². The zero-order valence-electron chi connectivity index (χ0n) is 17.6. The lowest BCUT2D eigenvalue weighted by Gasteiger charge is -2.20. The van der Waals surface area contributed by atoms with E-state index in [0.717, 1.165) is 15.4 Å². The average Bonchev–Trinajstić information content (AvgIpc) is 2.67. The highest BCUT2D eigenvalue weighted by Gasteiger charge is 2.27. The Morgan fingerprint density at radius 2 is 1.69 bits per heavy atom. The van der Waals surface area contributed by atoms with Gasteiger partial charge in [-0.05, 0) is 48.2 Å². The van der Waals surface area contributed by atoms with Gasteiger partial charge in [0.25, 0.3) is 0 Å². The summed E-state index contributed by atoms with van der Waals surface area (Å²) >= 11 is 0. The molecule has 0 saturated carbocycles. The van der Waals surface area contributed by atoms with Gasteiger partial charge in [-0.1, -0.05) is 26.0 Å². The molecular formula is C21H28N2O5S. The largest absolute Gasteiger partial charge is 0.495 e. The van der Waals surface area contributed by atoms with E-state index in [1.165, 1.54) is 21.3 Å². The summed E-state index contributed by atoms with van der Waals surface area (Å²) in [5.41, 5.74) is 2.30. The SMILES string of the molecule is COc1ccc(C)cc1NC(=O)CN(C)S(=O)(=O)c1cc(C(C)C)ccc1OC. The number of carbonyl (C=O) groups is 1. The maximum atomic E-state index is 13.1. The Labute approximate surface area is 172 Å². The number of amides is 1. The molecule has 0 radical (unpaired) electrons. The van der Waals surface area contributed by atoms with Crippen molar-refractivity contribution in [2.75, 3.05) is 33.1 Å². The van der Waals surface area contributed by atoms with Crippen LogP contribution in [0, 0.1) is 6.92 Å². The third kappa shape index (κ3) is 5.27. The predicted molar refractivity (Wildman–Crippen MR) is 113 cm³/mol. The van der Waals surface area contributed by atoms with Crippen LogP contribution in [-0.2, 0) is 14.8 Å². The Balaban J connectivity index is 2.26. The first-order valence-electron chi connectivity index (χ1n) is 9.19. The Kier molecular flexibility index (Phi) is 7.26. The van der Waals surface area contributed by atoms with Crippen molar-refractivity contribution in [3.05, 3.63) is 47.5 Å². The van der Waals surface area contributed by atoms with Crippen molar-refractivity contribution in [1.82, 2.24) is 4.31 Å². The number of sulfonamides is 1. The standard InChI is InChI=1S/C21H28N2O5S/c1-14(2)16-8-10-19(28-6)20(12-16)29(25,26)23(4)13-21(24)22-17-11-15(3)7-9-18(17)27-5/h7-12,14H,13H2,1-6H3,(H,22,24). The van der Waals surface area contributed by atoms with Gasteiger partial charge >= 0.3 is 0 Å². The average molecular weight is 421 g/mol. The fraction of sp³-hybridized carbons (Fsp3) is 0.381. The normalized spacial score (nSPS) is 11.6. The van der Waals surface area contributed by atoms with Crippen LogP contribution in [-0.4, -0.2) is 46.4 Å². The maximum absolute atomic E-state index is 13.1. The molecule has 0 aliphatic rings. The first-order valence-corrected chi connectivity index (χ1v) is 10.6. The number of nitrogens with one attached hydrogen (secondary N) is 1. The molecule has 0 aromatic heterocycles. The molecule has 2 aromatic rings. The van der Waals surface area contributed by atoms with E-state index < -0.39 is 15.9 Å². The number of rotatable bonds is 8. The number of carbonyl (C=O) groups excluding carboxylic acids is 1. The first kappa shape index (κ1) is 22.7. The third-order valence-electron chi connectivity index (χ3n) is 4.54. The molecular weight excluding hydrogens is 392 g/mol. The van der Waals surface area contributed by atoms with Gasteiger partial charge in [-0.2, -0.15) is 4.31 Å². The number of methoxy groups -OCH3 is 2. The molecule has 0 fully saturated rings. The fourth-order valence-electron chi connectivity index (χ4n) is 2.82. The monoisotopic (exact) mass is 420 g/mol. The minimum absolute atomic E-state index is 0.0367. The number of ether oxygens (including phenoxy) is 2. The maximum Gasteiger partial charge on any atom is 0.246 e. The molecule has 0 atom stereocenters. The highest BCUT2D eigenvalue weighted by molar-refractivity contribution is 7.89. The Morgan fingerprint density at radius 3 is 2.28 bits per heavy atom. The molecule has 0 aliphatic heterocycles. The Bertz CT molecular complexity index is 987. The fourth-order valence-corrected chi connectivity index (χ4v) is 4.13. The summed E-state index contributed by atoms with van der Waals surface area (Å²) in [5, 5.41) is 2.71. The molecule has 0 unspecified atom stereocenters. The number of nitrogens with zero attached hydrogens (tertiary/aromatic N) is 1. The summed E-state index contributed by atoms with van der Waals surface area (Å²) in [6.07, 6.45) is 0. The lowest BCUT2D eigenvalue weighted by Crippen LogP contribution is -2.35. The van der Waals surface area contributed by atoms with Crippen LogP contribution in [0.15, 0.2) is 41.3 Å². The van der Waals surface area contributed by atoms with E-state index in [4.69, 9.17) is 9.47 Å². The van der Waals surface area contributed by atoms with Gasteiger partial charge in [-0.15, -0.1) is 0 Å². The van der Waals surface area contributed by atoms with Crippen molar-refractivity contribution in [1.29, 1.82) is 0 Å². The van der Waals surface area contributed by atoms with Crippen LogP contribution in [0.25, 0.3) is 0 Å². The second-order valence-corrected chi connectivity index (χ2v) is 9.09. The van der Waals surface area contributed by atoms with E-state index in [9.17, 15) is 13.2 Å². The molecule has 1 N–H and O–H groups in total. The zero-order valence-corrected chi connectivity index (χ0v) is 18.5. The molecule has 0 spiro atoms. The number of hydrogen-bond acceptors (Lipinski definition) is 5. The molecule has 1 amide bonds. The smallest absolute Gasteiger partial charge is 0.246 e. The van der Waals surface area contributed by atoms with E-state index in [0.29, 0.717) is 11.4 Å². The highest BCUT2D eigenvalue weighted by atomic mass is 32.2. The number of aryl methyl sites for hydroxylation is 1. The van der Waals surface area contributed by atoms with Crippen molar-refractivity contribution in [2.45, 2.75) is 31.6 Å². The number of benzene rings is 2. The van der Waals surface area contributed by atoms with Crippen molar-refractivity contribution in [2.24, 2.45) is 0 Å². The molecule has 158 valence electrons. The summed E-state index contributed by atoms with van der Waals surface area (Å²) in [6, 6.07) is 10.4. The minimum atomic E-state index is -3.93. The van der Waals surface area contributed by atoms with Crippen LogP contribution in [0.3, 0.4) is 0 Å². The van der Waals surface area contributed by atoms with Gasteiger partial charge in [0, 0.05) is 7.05 Å². The van der Waals surface area contributed by atoms with E-state index in [1.807, 2.05) is 32.9 Å². The molecule has 0 bridgehead atoms. The summed E-state index contributed by atoms with van der Waals surface area (Å²) in [5.74, 6) is 0.416. The third-order valence-corrected chi connectivity index (χ3v) is 6.36. The van der Waals surface area contributed by atoms with Gasteiger partial charge in [0.1, 0.15) is 16.4 Å². The van der Waals surface area contributed by atoms with Crippen LogP contribution in [0.5, 0.6) is 11.5 Å². The molecule has 8 heteroatoms. The molecule has 2 aromatic carbocycles. The van der Waals surface area contributed by atoms with Crippen molar-refractivity contribution in [3.8, 4) is 11.5 Å². The van der Waals surface area contributed by atoms with Crippen molar-refractivity contribution < 1.29 is 22.7 Å². The van der Waals surface area contributed by atoms with Crippen LogP contribution < -0.4 is 14.8 Å². The highest BCUT2D eigenvalue weighted by Crippen LogP contribution is 2.30. The topological polar surface area (TPSA) is 84.9 Å². The molecule has 0 aliphatic carbocycles. The van der Waals surface area contributed by atoms with E-state index in [2.05, 4.69) is 5.32 Å². The van der Waals surface area contributed by atoms with Crippen LogP contribution >= 0.6 is 0 Å². The summed E-state index contributed by atoms with van der Waals surface area (Å²) in [4.78, 5) is 12.5. The van der Waals surface area contributed by atoms with Gasteiger partial charge in [-0.3, -0.25) is 4.79 Å². The predicted octanol–water partition coefficient (Wildman–Crippen LogP) is 3.39. The Hall–Kier alpha value is -2.58. The quantitative estimate of drug-likeness (QED) is 0.708. The number of hydrogen-bond donors (Lipinski definition) is 1. The Morgan fingerprint density at radius 1 is 1.07 bits per heavy atom. The van der Waals surface area contributed by atoms with E-state index in [-0.39, 0.29) is 23.1 Å².